The van der Waals surface area contributed by atoms with Crippen LogP contribution in [0.25, 0.3) is 0 Å². The minimum absolute atomic E-state index is 0.200. The number of carboxylic acids is 1. The third kappa shape index (κ3) is 5.55. The van der Waals surface area contributed by atoms with Gasteiger partial charge in [-0.05, 0) is 44.0 Å². The number of amides is 1. The zero-order valence-corrected chi connectivity index (χ0v) is 12.8. The van der Waals surface area contributed by atoms with Crippen LogP contribution < -0.4 is 10.6 Å². The molecule has 5 nitrogen and oxygen atoms in total. The van der Waals surface area contributed by atoms with Crippen molar-refractivity contribution in [2.24, 2.45) is 5.92 Å². The second-order valence-corrected chi connectivity index (χ2v) is 5.50. The number of carbonyl (C=O) groups excluding carboxylic acids is 1. The van der Waals surface area contributed by atoms with Gasteiger partial charge in [0.15, 0.2) is 0 Å². The van der Waals surface area contributed by atoms with Gasteiger partial charge in [-0.3, -0.25) is 4.79 Å². The van der Waals surface area contributed by atoms with E-state index < -0.39 is 12.0 Å². The molecule has 0 heterocycles. The monoisotopic (exact) mass is 292 g/mol. The molecule has 5 heteroatoms. The first-order chi connectivity index (χ1) is 9.95. The highest BCUT2D eigenvalue weighted by Crippen LogP contribution is 2.11. The summed E-state index contributed by atoms with van der Waals surface area (Å²) >= 11 is 0. The summed E-state index contributed by atoms with van der Waals surface area (Å²) in [5, 5.41) is 14.9. The standard InChI is InChI=1S/C16H24N2O3/c1-11(2)10-14(16(20)21)18-15(19)13-7-5-4-6-12(13)8-9-17-3/h4-7,11,14,17H,8-10H2,1-3H3,(H,18,19)(H,20,21)/t14-/m1/s1. The van der Waals surface area contributed by atoms with Crippen LogP contribution in [0.3, 0.4) is 0 Å². The summed E-state index contributed by atoms with van der Waals surface area (Å²) in [7, 11) is 1.85. The summed E-state index contributed by atoms with van der Waals surface area (Å²) in [6.07, 6.45) is 1.14. The lowest BCUT2D eigenvalue weighted by Gasteiger charge is -2.17. The van der Waals surface area contributed by atoms with Crippen molar-refractivity contribution in [1.29, 1.82) is 0 Å². The number of carbonyl (C=O) groups is 2. The van der Waals surface area contributed by atoms with Crippen LogP contribution in [0.5, 0.6) is 0 Å². The Morgan fingerprint density at radius 1 is 1.24 bits per heavy atom. The van der Waals surface area contributed by atoms with Crippen LogP contribution in [0.4, 0.5) is 0 Å². The summed E-state index contributed by atoms with van der Waals surface area (Å²) in [6.45, 7) is 4.63. The molecule has 1 aromatic rings. The van der Waals surface area contributed by atoms with Crippen molar-refractivity contribution in [3.63, 3.8) is 0 Å². The summed E-state index contributed by atoms with van der Waals surface area (Å²) in [4.78, 5) is 23.6. The van der Waals surface area contributed by atoms with E-state index in [9.17, 15) is 14.7 Å². The second-order valence-electron chi connectivity index (χ2n) is 5.50. The van der Waals surface area contributed by atoms with E-state index in [0.717, 1.165) is 18.5 Å². The van der Waals surface area contributed by atoms with Crippen molar-refractivity contribution in [3.05, 3.63) is 35.4 Å². The number of benzene rings is 1. The third-order valence-corrected chi connectivity index (χ3v) is 3.22. The minimum Gasteiger partial charge on any atom is -0.480 e. The maximum absolute atomic E-state index is 12.3. The van der Waals surface area contributed by atoms with Crippen molar-refractivity contribution in [2.75, 3.05) is 13.6 Å². The Hall–Kier alpha value is -1.88. The molecule has 21 heavy (non-hydrogen) atoms. The number of likely N-dealkylation sites (N-methyl/N-ethyl adjacent to an activating group) is 1. The van der Waals surface area contributed by atoms with Gasteiger partial charge in [0.2, 0.25) is 0 Å². The zero-order valence-electron chi connectivity index (χ0n) is 12.8. The van der Waals surface area contributed by atoms with E-state index in [4.69, 9.17) is 0 Å². The lowest BCUT2D eigenvalue weighted by molar-refractivity contribution is -0.139. The van der Waals surface area contributed by atoms with Crippen LogP contribution in [-0.2, 0) is 11.2 Å². The van der Waals surface area contributed by atoms with Gasteiger partial charge in [-0.2, -0.15) is 0 Å². The first-order valence-electron chi connectivity index (χ1n) is 7.21. The van der Waals surface area contributed by atoms with Gasteiger partial charge in [0.1, 0.15) is 6.04 Å². The minimum atomic E-state index is -0.996. The van der Waals surface area contributed by atoms with E-state index in [1.54, 1.807) is 12.1 Å². The molecule has 116 valence electrons. The number of nitrogens with one attached hydrogen (secondary N) is 2. The van der Waals surface area contributed by atoms with Crippen LogP contribution in [-0.4, -0.2) is 36.6 Å². The fourth-order valence-corrected chi connectivity index (χ4v) is 2.15. The molecule has 0 fully saturated rings. The highest BCUT2D eigenvalue weighted by atomic mass is 16.4. The first-order valence-corrected chi connectivity index (χ1v) is 7.21. The fraction of sp³-hybridized carbons (Fsp3) is 0.500. The Morgan fingerprint density at radius 2 is 1.90 bits per heavy atom. The van der Waals surface area contributed by atoms with Crippen LogP contribution in [0.2, 0.25) is 0 Å². The quantitative estimate of drug-likeness (QED) is 0.681. The van der Waals surface area contributed by atoms with Gasteiger partial charge in [0.05, 0.1) is 0 Å². The molecule has 0 aliphatic heterocycles. The summed E-state index contributed by atoms with van der Waals surface area (Å²) in [5.74, 6) is -1.12. The van der Waals surface area contributed by atoms with E-state index in [-0.39, 0.29) is 11.8 Å². The molecule has 1 atom stereocenters. The van der Waals surface area contributed by atoms with Gasteiger partial charge < -0.3 is 15.7 Å². The molecular weight excluding hydrogens is 268 g/mol. The molecule has 0 radical (unpaired) electrons. The lowest BCUT2D eigenvalue weighted by Crippen LogP contribution is -2.42. The number of carboxylic acid groups (broad SMARTS) is 1. The Kier molecular flexibility index (Phi) is 6.88. The smallest absolute Gasteiger partial charge is 0.326 e. The van der Waals surface area contributed by atoms with E-state index in [0.29, 0.717) is 12.0 Å². The summed E-state index contributed by atoms with van der Waals surface area (Å²) < 4.78 is 0. The van der Waals surface area contributed by atoms with Gasteiger partial charge in [-0.1, -0.05) is 32.0 Å². The van der Waals surface area contributed by atoms with Crippen LogP contribution in [0.1, 0.15) is 36.2 Å². The summed E-state index contributed by atoms with van der Waals surface area (Å²) in [5.41, 5.74) is 1.46. The van der Waals surface area contributed by atoms with Gasteiger partial charge >= 0.3 is 5.97 Å². The molecular formula is C16H24N2O3. The molecule has 0 aromatic heterocycles. The number of rotatable bonds is 8. The molecule has 0 spiro atoms. The molecule has 0 bridgehead atoms. The summed E-state index contributed by atoms with van der Waals surface area (Å²) in [6, 6.07) is 6.44. The predicted molar refractivity (Wildman–Crippen MR) is 82.4 cm³/mol. The predicted octanol–water partition coefficient (Wildman–Crippen LogP) is 1.68. The Bertz CT molecular complexity index is 486. The SMILES string of the molecule is CNCCc1ccccc1C(=O)N[C@H](CC(C)C)C(=O)O. The largest absolute Gasteiger partial charge is 0.480 e. The molecule has 0 unspecified atom stereocenters. The topological polar surface area (TPSA) is 78.4 Å². The van der Waals surface area contributed by atoms with Crippen LogP contribution in [0, 0.1) is 5.92 Å². The maximum Gasteiger partial charge on any atom is 0.326 e. The van der Waals surface area contributed by atoms with Gasteiger partial charge in [-0.25, -0.2) is 4.79 Å². The number of hydrogen-bond donors (Lipinski definition) is 3. The normalized spacial score (nSPS) is 12.2. The average molecular weight is 292 g/mol. The molecule has 3 N–H and O–H groups in total. The highest BCUT2D eigenvalue weighted by Gasteiger charge is 2.22. The van der Waals surface area contributed by atoms with E-state index in [2.05, 4.69) is 10.6 Å². The molecule has 0 aliphatic rings. The maximum atomic E-state index is 12.3. The number of aliphatic carboxylic acids is 1. The Balaban J connectivity index is 2.84. The van der Waals surface area contributed by atoms with Crippen molar-refractivity contribution >= 4 is 11.9 Å². The molecule has 1 rings (SSSR count). The number of hydrogen-bond acceptors (Lipinski definition) is 3. The van der Waals surface area contributed by atoms with E-state index in [1.807, 2.05) is 33.0 Å². The van der Waals surface area contributed by atoms with E-state index in [1.165, 1.54) is 0 Å². The van der Waals surface area contributed by atoms with Crippen molar-refractivity contribution in [1.82, 2.24) is 10.6 Å². The molecule has 1 aromatic carbocycles. The van der Waals surface area contributed by atoms with Gasteiger partial charge in [0, 0.05) is 5.56 Å². The van der Waals surface area contributed by atoms with Gasteiger partial charge in [-0.15, -0.1) is 0 Å². The first kappa shape index (κ1) is 17.2. The van der Waals surface area contributed by atoms with Crippen molar-refractivity contribution in [3.8, 4) is 0 Å². The van der Waals surface area contributed by atoms with Crippen LogP contribution >= 0.6 is 0 Å². The highest BCUT2D eigenvalue weighted by molar-refractivity contribution is 5.97. The fourth-order valence-electron chi connectivity index (χ4n) is 2.15. The van der Waals surface area contributed by atoms with Crippen molar-refractivity contribution in [2.45, 2.75) is 32.7 Å². The second kappa shape index (κ2) is 8.42. The molecule has 0 aliphatic carbocycles. The van der Waals surface area contributed by atoms with Crippen LogP contribution in [0.15, 0.2) is 24.3 Å². The average Bonchev–Trinajstić information content (AvgIpc) is 2.44. The zero-order chi connectivity index (χ0) is 15.8. The molecule has 0 saturated heterocycles. The third-order valence-electron chi connectivity index (χ3n) is 3.22. The molecule has 0 saturated carbocycles. The van der Waals surface area contributed by atoms with Gasteiger partial charge in [0.25, 0.3) is 5.91 Å². The lowest BCUT2D eigenvalue weighted by atomic mass is 10.0. The molecule has 1 amide bonds. The Morgan fingerprint density at radius 3 is 2.48 bits per heavy atom. The van der Waals surface area contributed by atoms with E-state index >= 15 is 0 Å². The van der Waals surface area contributed by atoms with Crippen molar-refractivity contribution < 1.29 is 14.7 Å². The Labute approximate surface area is 125 Å².